The lowest BCUT2D eigenvalue weighted by Crippen LogP contribution is -2.14. The molecule has 0 radical (unpaired) electrons. The van der Waals surface area contributed by atoms with Crippen molar-refractivity contribution in [3.8, 4) is 22.6 Å². The molecule has 0 amide bonds. The Hall–Kier alpha value is -3.72. The van der Waals surface area contributed by atoms with Crippen molar-refractivity contribution in [2.24, 2.45) is 0 Å². The van der Waals surface area contributed by atoms with E-state index in [1.54, 1.807) is 24.3 Å². The number of aromatic amines is 1. The lowest BCUT2D eigenvalue weighted by Gasteiger charge is -2.16. The smallest absolute Gasteiger partial charge is 0.255 e. The molecule has 0 fully saturated rings. The average molecular weight is 456 g/mol. The van der Waals surface area contributed by atoms with Crippen molar-refractivity contribution >= 4 is 26.5 Å². The van der Waals surface area contributed by atoms with Crippen LogP contribution in [0.4, 0.5) is 14.5 Å². The van der Waals surface area contributed by atoms with E-state index < -0.39 is 21.7 Å². The summed E-state index contributed by atoms with van der Waals surface area (Å²) in [5, 5.41) is 1.01. The number of aromatic nitrogens is 1. The molecule has 0 saturated heterocycles. The van der Waals surface area contributed by atoms with Gasteiger partial charge in [-0.3, -0.25) is 9.52 Å². The monoisotopic (exact) mass is 456 g/mol. The Morgan fingerprint density at radius 2 is 1.66 bits per heavy atom. The highest BCUT2D eigenvalue weighted by Crippen LogP contribution is 2.38. The highest BCUT2D eigenvalue weighted by Gasteiger charge is 2.17. The Kier molecular flexibility index (Phi) is 5.67. The topological polar surface area (TPSA) is 88.3 Å². The third-order valence-corrected chi connectivity index (χ3v) is 6.15. The van der Waals surface area contributed by atoms with Gasteiger partial charge in [0.25, 0.3) is 5.56 Å². The molecule has 1 heterocycles. The molecule has 0 bridgehead atoms. The third-order valence-electron chi connectivity index (χ3n) is 4.85. The van der Waals surface area contributed by atoms with Crippen molar-refractivity contribution in [2.75, 3.05) is 10.5 Å². The summed E-state index contributed by atoms with van der Waals surface area (Å²) < 4.78 is 59.8. The molecule has 0 aliphatic carbocycles. The first kappa shape index (κ1) is 21.5. The lowest BCUT2D eigenvalue weighted by molar-refractivity contribution is 0.439. The van der Waals surface area contributed by atoms with Crippen LogP contribution in [0, 0.1) is 11.6 Å². The van der Waals surface area contributed by atoms with Gasteiger partial charge in [0.05, 0.1) is 5.75 Å². The number of nitrogens with one attached hydrogen (secondary N) is 2. The van der Waals surface area contributed by atoms with Crippen molar-refractivity contribution in [1.82, 2.24) is 4.98 Å². The van der Waals surface area contributed by atoms with Crippen LogP contribution >= 0.6 is 0 Å². The van der Waals surface area contributed by atoms with E-state index in [1.165, 1.54) is 31.3 Å². The van der Waals surface area contributed by atoms with E-state index in [2.05, 4.69) is 9.71 Å². The van der Waals surface area contributed by atoms with Crippen LogP contribution in [0.25, 0.3) is 21.9 Å². The molecule has 4 rings (SSSR count). The Bertz CT molecular complexity index is 1480. The number of hydrogen-bond acceptors (Lipinski definition) is 4. The molecule has 164 valence electrons. The highest BCUT2D eigenvalue weighted by molar-refractivity contribution is 7.92. The molecular formula is C23H18F2N2O4S. The third kappa shape index (κ3) is 4.33. The molecule has 0 saturated carbocycles. The number of pyridine rings is 1. The Balaban J connectivity index is 1.92. The zero-order valence-corrected chi connectivity index (χ0v) is 17.7. The van der Waals surface area contributed by atoms with Crippen LogP contribution in [0.2, 0.25) is 0 Å². The van der Waals surface area contributed by atoms with Gasteiger partial charge in [-0.1, -0.05) is 18.2 Å². The number of hydrogen-bond donors (Lipinski definition) is 2. The molecular weight excluding hydrogens is 438 g/mol. The van der Waals surface area contributed by atoms with Gasteiger partial charge in [0.2, 0.25) is 10.0 Å². The van der Waals surface area contributed by atoms with E-state index >= 15 is 0 Å². The number of sulfonamides is 1. The molecule has 0 aliphatic heterocycles. The fourth-order valence-corrected chi connectivity index (χ4v) is 3.88. The minimum absolute atomic E-state index is 0.122. The van der Waals surface area contributed by atoms with E-state index in [9.17, 15) is 22.0 Å². The summed E-state index contributed by atoms with van der Waals surface area (Å²) in [6, 6.07) is 14.3. The van der Waals surface area contributed by atoms with E-state index in [4.69, 9.17) is 4.74 Å². The van der Waals surface area contributed by atoms with Crippen LogP contribution in [-0.2, 0) is 10.0 Å². The molecule has 2 N–H and O–H groups in total. The number of benzene rings is 3. The van der Waals surface area contributed by atoms with Crippen LogP contribution < -0.4 is 15.0 Å². The number of rotatable bonds is 6. The summed E-state index contributed by atoms with van der Waals surface area (Å²) in [6.07, 6.45) is 1.48. The van der Waals surface area contributed by atoms with Gasteiger partial charge in [-0.05, 0) is 48.7 Å². The summed E-state index contributed by atoms with van der Waals surface area (Å²) in [5.74, 6) is -1.78. The summed E-state index contributed by atoms with van der Waals surface area (Å²) >= 11 is 0. The minimum atomic E-state index is -3.55. The summed E-state index contributed by atoms with van der Waals surface area (Å²) in [5.41, 5.74) is 0.913. The van der Waals surface area contributed by atoms with Gasteiger partial charge in [-0.2, -0.15) is 0 Å². The van der Waals surface area contributed by atoms with Gasteiger partial charge in [-0.25, -0.2) is 17.2 Å². The Morgan fingerprint density at radius 3 is 2.38 bits per heavy atom. The van der Waals surface area contributed by atoms with Crippen molar-refractivity contribution < 1.29 is 21.9 Å². The largest absolute Gasteiger partial charge is 0.454 e. The van der Waals surface area contributed by atoms with E-state index in [1.807, 2.05) is 0 Å². The Labute approximate surface area is 182 Å². The van der Waals surface area contributed by atoms with Gasteiger partial charge < -0.3 is 9.72 Å². The lowest BCUT2D eigenvalue weighted by atomic mass is 9.99. The normalized spacial score (nSPS) is 11.5. The fourth-order valence-electron chi connectivity index (χ4n) is 3.25. The maximum atomic E-state index is 14.2. The molecule has 3 aromatic carbocycles. The maximum absolute atomic E-state index is 14.2. The second kappa shape index (κ2) is 8.43. The maximum Gasteiger partial charge on any atom is 0.255 e. The number of fused-ring (bicyclic) bond motifs is 1. The first-order valence-electron chi connectivity index (χ1n) is 9.65. The van der Waals surface area contributed by atoms with Gasteiger partial charge in [0, 0.05) is 34.5 Å². The van der Waals surface area contributed by atoms with Crippen LogP contribution in [0.3, 0.4) is 0 Å². The first-order chi connectivity index (χ1) is 15.3. The van der Waals surface area contributed by atoms with Crippen LogP contribution in [0.5, 0.6) is 11.5 Å². The number of H-pyrrole nitrogens is 1. The molecule has 6 nitrogen and oxygen atoms in total. The van der Waals surface area contributed by atoms with Gasteiger partial charge in [0.15, 0.2) is 11.6 Å². The second-order valence-electron chi connectivity index (χ2n) is 6.97. The number of halogens is 2. The van der Waals surface area contributed by atoms with Crippen LogP contribution in [0.15, 0.2) is 71.7 Å². The molecule has 0 aliphatic rings. The molecule has 0 atom stereocenters. The zero-order valence-electron chi connectivity index (χ0n) is 16.9. The van der Waals surface area contributed by atoms with E-state index in [0.29, 0.717) is 28.0 Å². The molecule has 0 unspecified atom stereocenters. The quantitative estimate of drug-likeness (QED) is 0.426. The SMILES string of the molecule is CCS(=O)(=O)Nc1ccc(Oc2ccc(F)cc2F)c(-c2c[nH]c(=O)c3ccccc23)c1. The van der Waals surface area contributed by atoms with Crippen molar-refractivity contribution in [3.63, 3.8) is 0 Å². The predicted molar refractivity (Wildman–Crippen MR) is 120 cm³/mol. The van der Waals surface area contributed by atoms with E-state index in [0.717, 1.165) is 12.1 Å². The highest BCUT2D eigenvalue weighted by atomic mass is 32.2. The van der Waals surface area contributed by atoms with Crippen molar-refractivity contribution in [2.45, 2.75) is 6.92 Å². The zero-order chi connectivity index (χ0) is 22.9. The number of ether oxygens (including phenoxy) is 1. The number of anilines is 1. The predicted octanol–water partition coefficient (Wildman–Crippen LogP) is 5.03. The summed E-state index contributed by atoms with van der Waals surface area (Å²) in [7, 11) is -3.55. The molecule has 9 heteroatoms. The Morgan fingerprint density at radius 1 is 0.938 bits per heavy atom. The van der Waals surface area contributed by atoms with Gasteiger partial charge in [0.1, 0.15) is 11.6 Å². The minimum Gasteiger partial charge on any atom is -0.454 e. The molecule has 4 aromatic rings. The molecule has 0 spiro atoms. The van der Waals surface area contributed by atoms with Crippen molar-refractivity contribution in [3.05, 3.63) is 88.8 Å². The van der Waals surface area contributed by atoms with E-state index in [-0.39, 0.29) is 28.5 Å². The first-order valence-corrected chi connectivity index (χ1v) is 11.3. The summed E-state index contributed by atoms with van der Waals surface area (Å²) in [4.78, 5) is 14.9. The summed E-state index contributed by atoms with van der Waals surface area (Å²) in [6.45, 7) is 1.51. The van der Waals surface area contributed by atoms with Gasteiger partial charge >= 0.3 is 0 Å². The standard InChI is InChI=1S/C23H18F2N2O4S/c1-2-32(29,30)27-15-8-10-21(31-22-9-7-14(24)11-20(22)25)18(12-15)19-13-26-23(28)17-6-4-3-5-16(17)19/h3-13,27H,2H2,1H3,(H,26,28). The molecule has 32 heavy (non-hydrogen) atoms. The fraction of sp³-hybridized carbons (Fsp3) is 0.0870. The van der Waals surface area contributed by atoms with Gasteiger partial charge in [-0.15, -0.1) is 0 Å². The van der Waals surface area contributed by atoms with Crippen LogP contribution in [0.1, 0.15) is 6.92 Å². The second-order valence-corrected chi connectivity index (χ2v) is 8.98. The van der Waals surface area contributed by atoms with Crippen molar-refractivity contribution in [1.29, 1.82) is 0 Å². The molecule has 1 aromatic heterocycles. The average Bonchev–Trinajstić information content (AvgIpc) is 2.77. The van der Waals surface area contributed by atoms with Crippen LogP contribution in [-0.4, -0.2) is 19.2 Å².